The third-order valence-electron chi connectivity index (χ3n) is 4.15. The summed E-state index contributed by atoms with van der Waals surface area (Å²) in [5.41, 5.74) is 1.41. The summed E-state index contributed by atoms with van der Waals surface area (Å²) in [6.07, 6.45) is 6.91. The number of rotatable bonds is 4. The molecule has 1 aromatic rings. The van der Waals surface area contributed by atoms with Crippen molar-refractivity contribution < 1.29 is 0 Å². The molecule has 1 heteroatoms. The zero-order valence-electron chi connectivity index (χ0n) is 11.2. The van der Waals surface area contributed by atoms with E-state index in [1.165, 1.54) is 37.7 Å². The van der Waals surface area contributed by atoms with Gasteiger partial charge < -0.3 is 5.32 Å². The lowest BCUT2D eigenvalue weighted by Gasteiger charge is -2.31. The highest BCUT2D eigenvalue weighted by Crippen LogP contribution is 2.28. The van der Waals surface area contributed by atoms with Crippen molar-refractivity contribution in [3.8, 4) is 0 Å². The van der Waals surface area contributed by atoms with E-state index in [1.54, 1.807) is 0 Å². The van der Waals surface area contributed by atoms with Crippen LogP contribution in [0.25, 0.3) is 0 Å². The van der Waals surface area contributed by atoms with Gasteiger partial charge in [-0.15, -0.1) is 0 Å². The number of hydrogen-bond acceptors (Lipinski definition) is 1. The summed E-state index contributed by atoms with van der Waals surface area (Å²) < 4.78 is 0. The van der Waals surface area contributed by atoms with Gasteiger partial charge in [0.2, 0.25) is 0 Å². The smallest absolute Gasteiger partial charge is 0.0294 e. The summed E-state index contributed by atoms with van der Waals surface area (Å²) >= 11 is 0. The van der Waals surface area contributed by atoms with Crippen LogP contribution in [0.5, 0.6) is 0 Å². The molecule has 1 saturated carbocycles. The van der Waals surface area contributed by atoms with Gasteiger partial charge in [0.25, 0.3) is 0 Å². The summed E-state index contributed by atoms with van der Waals surface area (Å²) in [7, 11) is 0. The van der Waals surface area contributed by atoms with E-state index in [2.05, 4.69) is 49.5 Å². The van der Waals surface area contributed by atoms with Crippen LogP contribution in [0.2, 0.25) is 0 Å². The third kappa shape index (κ3) is 3.57. The Morgan fingerprint density at radius 2 is 2.00 bits per heavy atom. The molecule has 1 aromatic carbocycles. The van der Waals surface area contributed by atoms with Crippen LogP contribution < -0.4 is 5.32 Å². The van der Waals surface area contributed by atoms with Crippen molar-refractivity contribution in [1.29, 1.82) is 0 Å². The fourth-order valence-corrected chi connectivity index (χ4v) is 3.00. The second-order valence-corrected chi connectivity index (χ2v) is 5.44. The summed E-state index contributed by atoms with van der Waals surface area (Å²) in [6, 6.07) is 12.0. The highest BCUT2D eigenvalue weighted by atomic mass is 14.9. The largest absolute Gasteiger partial charge is 0.307 e. The van der Waals surface area contributed by atoms with Gasteiger partial charge in [0.1, 0.15) is 0 Å². The van der Waals surface area contributed by atoms with Gasteiger partial charge in [0.05, 0.1) is 0 Å². The topological polar surface area (TPSA) is 12.0 Å². The molecule has 1 nitrogen and oxygen atoms in total. The molecule has 2 unspecified atom stereocenters. The normalized spacial score (nSPS) is 26.7. The van der Waals surface area contributed by atoms with Crippen LogP contribution in [0.4, 0.5) is 0 Å². The third-order valence-corrected chi connectivity index (χ3v) is 4.15. The van der Waals surface area contributed by atoms with Gasteiger partial charge in [-0.05, 0) is 31.2 Å². The minimum Gasteiger partial charge on any atom is -0.307 e. The predicted octanol–water partition coefficient (Wildman–Crippen LogP) is 4.31. The lowest BCUT2D eigenvalue weighted by Crippen LogP contribution is -2.35. The van der Waals surface area contributed by atoms with E-state index in [-0.39, 0.29) is 0 Å². The van der Waals surface area contributed by atoms with Gasteiger partial charge in [-0.2, -0.15) is 0 Å². The molecule has 0 spiro atoms. The van der Waals surface area contributed by atoms with Crippen molar-refractivity contribution in [3.05, 3.63) is 35.9 Å². The van der Waals surface area contributed by atoms with Crippen LogP contribution in [0, 0.1) is 5.92 Å². The summed E-state index contributed by atoms with van der Waals surface area (Å²) in [5, 5.41) is 3.80. The molecular formula is C16H25N. The van der Waals surface area contributed by atoms with Crippen molar-refractivity contribution in [2.24, 2.45) is 5.92 Å². The maximum Gasteiger partial charge on any atom is 0.0294 e. The van der Waals surface area contributed by atoms with E-state index in [0.717, 1.165) is 12.0 Å². The van der Waals surface area contributed by atoms with E-state index < -0.39 is 0 Å². The SMILES string of the molecule is CCC1CCCC(N[C@@H](C)c2ccccc2)C1. The monoisotopic (exact) mass is 231 g/mol. The van der Waals surface area contributed by atoms with Gasteiger partial charge in [-0.3, -0.25) is 0 Å². The van der Waals surface area contributed by atoms with Crippen molar-refractivity contribution in [2.75, 3.05) is 0 Å². The van der Waals surface area contributed by atoms with Crippen LogP contribution in [0.1, 0.15) is 57.6 Å². The molecule has 94 valence electrons. The van der Waals surface area contributed by atoms with Crippen molar-refractivity contribution in [3.63, 3.8) is 0 Å². The van der Waals surface area contributed by atoms with Crippen LogP contribution in [0.3, 0.4) is 0 Å². The Hall–Kier alpha value is -0.820. The molecule has 0 amide bonds. The molecule has 0 radical (unpaired) electrons. The first kappa shape index (κ1) is 12.6. The van der Waals surface area contributed by atoms with E-state index in [4.69, 9.17) is 0 Å². The Morgan fingerprint density at radius 1 is 1.24 bits per heavy atom. The highest BCUT2D eigenvalue weighted by Gasteiger charge is 2.21. The van der Waals surface area contributed by atoms with E-state index >= 15 is 0 Å². The molecular weight excluding hydrogens is 206 g/mol. The van der Waals surface area contributed by atoms with Crippen LogP contribution in [0.15, 0.2) is 30.3 Å². The first-order valence-electron chi connectivity index (χ1n) is 7.10. The predicted molar refractivity (Wildman–Crippen MR) is 74.0 cm³/mol. The molecule has 1 N–H and O–H groups in total. The first-order chi connectivity index (χ1) is 8.29. The second kappa shape index (κ2) is 6.20. The molecule has 3 atom stereocenters. The number of nitrogens with one attached hydrogen (secondary N) is 1. The summed E-state index contributed by atoms with van der Waals surface area (Å²) in [5.74, 6) is 0.948. The van der Waals surface area contributed by atoms with Crippen LogP contribution >= 0.6 is 0 Å². The van der Waals surface area contributed by atoms with Gasteiger partial charge in [-0.1, -0.05) is 56.5 Å². The molecule has 2 rings (SSSR count). The molecule has 0 aliphatic heterocycles. The van der Waals surface area contributed by atoms with Crippen molar-refractivity contribution in [1.82, 2.24) is 5.32 Å². The van der Waals surface area contributed by atoms with Gasteiger partial charge in [0.15, 0.2) is 0 Å². The second-order valence-electron chi connectivity index (χ2n) is 5.44. The molecule has 0 aromatic heterocycles. The minimum atomic E-state index is 0.483. The Labute approximate surface area is 106 Å². The first-order valence-corrected chi connectivity index (χ1v) is 7.10. The minimum absolute atomic E-state index is 0.483. The van der Waals surface area contributed by atoms with E-state index in [1.807, 2.05) is 0 Å². The molecule has 1 aliphatic rings. The fourth-order valence-electron chi connectivity index (χ4n) is 3.00. The van der Waals surface area contributed by atoms with E-state index in [0.29, 0.717) is 6.04 Å². The summed E-state index contributed by atoms with van der Waals surface area (Å²) in [4.78, 5) is 0. The standard InChI is InChI=1S/C16H25N/c1-3-14-8-7-11-16(12-14)17-13(2)15-9-5-4-6-10-15/h4-6,9-10,13-14,16-17H,3,7-8,11-12H2,1-2H3/t13-,14?,16?/m0/s1. The average Bonchev–Trinajstić information content (AvgIpc) is 2.40. The molecule has 0 heterocycles. The summed E-state index contributed by atoms with van der Waals surface area (Å²) in [6.45, 7) is 4.61. The number of benzene rings is 1. The van der Waals surface area contributed by atoms with Gasteiger partial charge in [0, 0.05) is 12.1 Å². The van der Waals surface area contributed by atoms with Crippen molar-refractivity contribution in [2.45, 2.75) is 58.0 Å². The van der Waals surface area contributed by atoms with Crippen molar-refractivity contribution >= 4 is 0 Å². The lowest BCUT2D eigenvalue weighted by atomic mass is 9.84. The van der Waals surface area contributed by atoms with Gasteiger partial charge in [-0.25, -0.2) is 0 Å². The molecule has 17 heavy (non-hydrogen) atoms. The Bertz CT molecular complexity index is 320. The highest BCUT2D eigenvalue weighted by molar-refractivity contribution is 5.18. The van der Waals surface area contributed by atoms with Gasteiger partial charge >= 0.3 is 0 Å². The zero-order chi connectivity index (χ0) is 12.1. The Balaban J connectivity index is 1.88. The number of hydrogen-bond donors (Lipinski definition) is 1. The Morgan fingerprint density at radius 3 is 2.71 bits per heavy atom. The zero-order valence-corrected chi connectivity index (χ0v) is 11.2. The fraction of sp³-hybridized carbons (Fsp3) is 0.625. The molecule has 1 aliphatic carbocycles. The molecule has 0 bridgehead atoms. The van der Waals surface area contributed by atoms with Crippen LogP contribution in [-0.4, -0.2) is 6.04 Å². The average molecular weight is 231 g/mol. The maximum atomic E-state index is 3.80. The van der Waals surface area contributed by atoms with E-state index in [9.17, 15) is 0 Å². The quantitative estimate of drug-likeness (QED) is 0.814. The Kier molecular flexibility index (Phi) is 4.61. The maximum absolute atomic E-state index is 3.80. The molecule has 1 fully saturated rings. The molecule has 0 saturated heterocycles. The lowest BCUT2D eigenvalue weighted by molar-refractivity contribution is 0.266. The van der Waals surface area contributed by atoms with Crippen LogP contribution in [-0.2, 0) is 0 Å².